The fourth-order valence-corrected chi connectivity index (χ4v) is 3.20. The van der Waals surface area contributed by atoms with Crippen LogP contribution in [0.25, 0.3) is 0 Å². The van der Waals surface area contributed by atoms with E-state index in [2.05, 4.69) is 63.6 Å². The van der Waals surface area contributed by atoms with Gasteiger partial charge in [0.1, 0.15) is 0 Å². The maximum atomic E-state index is 4.58. The van der Waals surface area contributed by atoms with Gasteiger partial charge in [0.05, 0.1) is 0 Å². The average Bonchev–Trinajstić information content (AvgIpc) is 2.40. The second kappa shape index (κ2) is 6.38. The molecule has 0 aliphatic heterocycles. The number of aromatic nitrogens is 2. The fourth-order valence-electron chi connectivity index (χ4n) is 3.20. The van der Waals surface area contributed by atoms with E-state index in [1.807, 2.05) is 12.4 Å². The summed E-state index contributed by atoms with van der Waals surface area (Å²) in [6.45, 7) is 13.1. The molecule has 0 aliphatic rings. The van der Waals surface area contributed by atoms with Crippen LogP contribution in [0, 0.1) is 20.8 Å². The van der Waals surface area contributed by atoms with Crippen LogP contribution >= 0.6 is 0 Å². The standard InChI is InChI=1S/C19H26N2/c1-12(2)18-10-17(11-21-15(18)5)9-14(4)19-13(3)7-8-20-16(19)6/h7-8,10-12,14H,9H2,1-6H3. The van der Waals surface area contributed by atoms with Gasteiger partial charge in [-0.1, -0.05) is 26.8 Å². The third-order valence-corrected chi connectivity index (χ3v) is 4.25. The largest absolute Gasteiger partial charge is 0.261 e. The monoisotopic (exact) mass is 282 g/mol. The summed E-state index contributed by atoms with van der Waals surface area (Å²) in [4.78, 5) is 9.02. The van der Waals surface area contributed by atoms with Crippen LogP contribution < -0.4 is 0 Å². The van der Waals surface area contributed by atoms with Gasteiger partial charge in [0, 0.05) is 23.8 Å². The Bertz CT molecular complexity index is 609. The lowest BCUT2D eigenvalue weighted by Gasteiger charge is -2.18. The minimum atomic E-state index is 0.461. The molecule has 0 radical (unpaired) electrons. The molecule has 2 rings (SSSR count). The van der Waals surface area contributed by atoms with E-state index in [1.165, 1.54) is 22.3 Å². The van der Waals surface area contributed by atoms with Crippen LogP contribution in [0.3, 0.4) is 0 Å². The molecule has 0 fully saturated rings. The third kappa shape index (κ3) is 3.49. The molecule has 0 saturated heterocycles. The highest BCUT2D eigenvalue weighted by Crippen LogP contribution is 2.27. The summed E-state index contributed by atoms with van der Waals surface area (Å²) in [5.41, 5.74) is 7.68. The van der Waals surface area contributed by atoms with Gasteiger partial charge in [0.2, 0.25) is 0 Å². The molecule has 0 saturated carbocycles. The van der Waals surface area contributed by atoms with Gasteiger partial charge >= 0.3 is 0 Å². The Morgan fingerprint density at radius 1 is 1.00 bits per heavy atom. The second-order valence-corrected chi connectivity index (χ2v) is 6.41. The average molecular weight is 282 g/mol. The van der Waals surface area contributed by atoms with Gasteiger partial charge in [-0.05, 0) is 67.3 Å². The van der Waals surface area contributed by atoms with Crippen molar-refractivity contribution in [3.05, 3.63) is 58.2 Å². The summed E-state index contributed by atoms with van der Waals surface area (Å²) in [6.07, 6.45) is 4.93. The van der Waals surface area contributed by atoms with Crippen LogP contribution in [-0.2, 0) is 6.42 Å². The van der Waals surface area contributed by atoms with Crippen LogP contribution in [0.2, 0.25) is 0 Å². The quantitative estimate of drug-likeness (QED) is 0.799. The number of hydrogen-bond donors (Lipinski definition) is 0. The van der Waals surface area contributed by atoms with E-state index in [0.717, 1.165) is 17.8 Å². The number of aryl methyl sites for hydroxylation is 3. The van der Waals surface area contributed by atoms with Crippen LogP contribution in [0.1, 0.15) is 66.2 Å². The van der Waals surface area contributed by atoms with Gasteiger partial charge in [0.15, 0.2) is 0 Å². The van der Waals surface area contributed by atoms with Gasteiger partial charge < -0.3 is 0 Å². The zero-order chi connectivity index (χ0) is 15.6. The first-order chi connectivity index (χ1) is 9.90. The fraction of sp³-hybridized carbons (Fsp3) is 0.474. The maximum Gasteiger partial charge on any atom is 0.0410 e. The zero-order valence-electron chi connectivity index (χ0n) is 14.1. The third-order valence-electron chi connectivity index (χ3n) is 4.25. The van der Waals surface area contributed by atoms with Crippen molar-refractivity contribution in [2.75, 3.05) is 0 Å². The maximum absolute atomic E-state index is 4.58. The lowest BCUT2D eigenvalue weighted by atomic mass is 9.89. The molecule has 2 aromatic rings. The molecule has 1 atom stereocenters. The van der Waals surface area contributed by atoms with E-state index in [-0.39, 0.29) is 0 Å². The number of nitrogens with zero attached hydrogens (tertiary/aromatic N) is 2. The molecule has 21 heavy (non-hydrogen) atoms. The van der Waals surface area contributed by atoms with Gasteiger partial charge in [0.25, 0.3) is 0 Å². The molecule has 0 aromatic carbocycles. The molecule has 0 amide bonds. The Kier molecular flexibility index (Phi) is 4.76. The first kappa shape index (κ1) is 15.7. The molecular weight excluding hydrogens is 256 g/mol. The molecule has 2 aromatic heterocycles. The van der Waals surface area contributed by atoms with E-state index < -0.39 is 0 Å². The molecule has 2 nitrogen and oxygen atoms in total. The van der Waals surface area contributed by atoms with E-state index in [4.69, 9.17) is 0 Å². The van der Waals surface area contributed by atoms with Gasteiger partial charge in [-0.25, -0.2) is 0 Å². The van der Waals surface area contributed by atoms with Crippen LogP contribution in [0.5, 0.6) is 0 Å². The topological polar surface area (TPSA) is 25.8 Å². The van der Waals surface area contributed by atoms with E-state index in [1.54, 1.807) is 0 Å². The number of rotatable bonds is 4. The van der Waals surface area contributed by atoms with Crippen molar-refractivity contribution in [3.8, 4) is 0 Å². The first-order valence-corrected chi connectivity index (χ1v) is 7.77. The summed E-state index contributed by atoms with van der Waals surface area (Å²) in [5.74, 6) is 0.984. The van der Waals surface area contributed by atoms with Crippen molar-refractivity contribution >= 4 is 0 Å². The molecular formula is C19H26N2. The summed E-state index contributed by atoms with van der Waals surface area (Å²) in [5, 5.41) is 0. The predicted molar refractivity (Wildman–Crippen MR) is 88.9 cm³/mol. The molecule has 1 unspecified atom stereocenters. The van der Waals surface area contributed by atoms with Crippen LogP contribution in [0.15, 0.2) is 24.5 Å². The summed E-state index contributed by atoms with van der Waals surface area (Å²) in [7, 11) is 0. The Morgan fingerprint density at radius 3 is 2.33 bits per heavy atom. The van der Waals surface area contributed by atoms with Crippen molar-refractivity contribution in [1.82, 2.24) is 9.97 Å². The Hall–Kier alpha value is -1.70. The summed E-state index contributed by atoms with van der Waals surface area (Å²) >= 11 is 0. The first-order valence-electron chi connectivity index (χ1n) is 7.77. The lowest BCUT2D eigenvalue weighted by Crippen LogP contribution is -2.06. The van der Waals surface area contributed by atoms with Gasteiger partial charge in [-0.15, -0.1) is 0 Å². The highest BCUT2D eigenvalue weighted by atomic mass is 14.7. The smallest absolute Gasteiger partial charge is 0.0410 e. The van der Waals surface area contributed by atoms with Gasteiger partial charge in [-0.2, -0.15) is 0 Å². The molecule has 0 N–H and O–H groups in total. The molecule has 0 aliphatic carbocycles. The second-order valence-electron chi connectivity index (χ2n) is 6.41. The molecule has 0 spiro atoms. The molecule has 2 heterocycles. The SMILES string of the molecule is Cc1ccnc(C)c1C(C)Cc1cnc(C)c(C(C)C)c1. The molecule has 2 heteroatoms. The molecule has 112 valence electrons. The number of hydrogen-bond acceptors (Lipinski definition) is 2. The predicted octanol–water partition coefficient (Wildman–Crippen LogP) is 4.87. The van der Waals surface area contributed by atoms with Crippen LogP contribution in [0.4, 0.5) is 0 Å². The van der Waals surface area contributed by atoms with Crippen LogP contribution in [-0.4, -0.2) is 9.97 Å². The van der Waals surface area contributed by atoms with Crippen molar-refractivity contribution in [2.45, 2.75) is 59.8 Å². The molecule has 0 bridgehead atoms. The van der Waals surface area contributed by atoms with Gasteiger partial charge in [-0.3, -0.25) is 9.97 Å². The normalized spacial score (nSPS) is 12.7. The zero-order valence-corrected chi connectivity index (χ0v) is 14.1. The van der Waals surface area contributed by atoms with Crippen molar-refractivity contribution in [2.24, 2.45) is 0 Å². The summed E-state index contributed by atoms with van der Waals surface area (Å²) < 4.78 is 0. The van der Waals surface area contributed by atoms with Crippen molar-refractivity contribution < 1.29 is 0 Å². The van der Waals surface area contributed by atoms with E-state index in [9.17, 15) is 0 Å². The Balaban J connectivity index is 2.28. The van der Waals surface area contributed by atoms with E-state index in [0.29, 0.717) is 11.8 Å². The minimum absolute atomic E-state index is 0.461. The van der Waals surface area contributed by atoms with Crippen molar-refractivity contribution in [3.63, 3.8) is 0 Å². The van der Waals surface area contributed by atoms with Crippen molar-refractivity contribution in [1.29, 1.82) is 0 Å². The highest BCUT2D eigenvalue weighted by Gasteiger charge is 2.14. The lowest BCUT2D eigenvalue weighted by molar-refractivity contribution is 0.731. The minimum Gasteiger partial charge on any atom is -0.261 e. The number of pyridine rings is 2. The van der Waals surface area contributed by atoms with E-state index >= 15 is 0 Å². The Morgan fingerprint density at radius 2 is 1.71 bits per heavy atom. The Labute approximate surface area is 128 Å². The summed E-state index contributed by atoms with van der Waals surface area (Å²) in [6, 6.07) is 4.43. The highest BCUT2D eigenvalue weighted by molar-refractivity contribution is 5.34.